The lowest BCUT2D eigenvalue weighted by Crippen LogP contribution is -2.10. The molecule has 0 saturated heterocycles. The highest BCUT2D eigenvalue weighted by molar-refractivity contribution is 9.10. The lowest BCUT2D eigenvalue weighted by molar-refractivity contribution is 0.279. The van der Waals surface area contributed by atoms with Crippen molar-refractivity contribution in [3.05, 3.63) is 22.2 Å². The standard InChI is InChI=1S/C14H20BrNO2/c1-16-6-5-11-7-12(15)14(17-2)13(8-11)18-9-10-3-4-10/h7-8,10,16H,3-6,9H2,1-2H3. The molecule has 1 N–H and O–H groups in total. The van der Waals surface area contributed by atoms with E-state index in [0.29, 0.717) is 0 Å². The minimum Gasteiger partial charge on any atom is -0.492 e. The number of methoxy groups -OCH3 is 1. The average molecular weight is 314 g/mol. The zero-order valence-electron chi connectivity index (χ0n) is 11.0. The molecule has 1 aliphatic carbocycles. The van der Waals surface area contributed by atoms with Crippen molar-refractivity contribution >= 4 is 15.9 Å². The van der Waals surface area contributed by atoms with E-state index in [2.05, 4.69) is 33.4 Å². The van der Waals surface area contributed by atoms with E-state index >= 15 is 0 Å². The molecule has 0 radical (unpaired) electrons. The number of ether oxygens (including phenoxy) is 2. The van der Waals surface area contributed by atoms with Gasteiger partial charge in [0.2, 0.25) is 0 Å². The maximum absolute atomic E-state index is 5.88. The first-order valence-electron chi connectivity index (χ1n) is 6.38. The molecule has 1 aromatic rings. The van der Waals surface area contributed by atoms with Crippen LogP contribution in [0.3, 0.4) is 0 Å². The molecule has 0 bridgehead atoms. The number of rotatable bonds is 7. The van der Waals surface area contributed by atoms with E-state index in [1.807, 2.05) is 7.05 Å². The Kier molecular flexibility index (Phi) is 4.89. The van der Waals surface area contributed by atoms with Crippen LogP contribution in [0.4, 0.5) is 0 Å². The number of halogens is 1. The highest BCUT2D eigenvalue weighted by Crippen LogP contribution is 2.38. The van der Waals surface area contributed by atoms with Crippen LogP contribution in [0.1, 0.15) is 18.4 Å². The van der Waals surface area contributed by atoms with Crippen molar-refractivity contribution in [1.29, 1.82) is 0 Å². The van der Waals surface area contributed by atoms with Gasteiger partial charge in [0.1, 0.15) is 0 Å². The van der Waals surface area contributed by atoms with Gasteiger partial charge in [-0.25, -0.2) is 0 Å². The summed E-state index contributed by atoms with van der Waals surface area (Å²) in [6.07, 6.45) is 3.57. The van der Waals surface area contributed by atoms with Crippen molar-refractivity contribution in [2.24, 2.45) is 5.92 Å². The van der Waals surface area contributed by atoms with Crippen LogP contribution in [-0.4, -0.2) is 27.3 Å². The summed E-state index contributed by atoms with van der Waals surface area (Å²) in [7, 11) is 3.64. The summed E-state index contributed by atoms with van der Waals surface area (Å²) in [5.41, 5.74) is 1.25. The molecule has 1 aliphatic rings. The van der Waals surface area contributed by atoms with Gasteiger partial charge in [-0.2, -0.15) is 0 Å². The Morgan fingerprint density at radius 3 is 2.78 bits per heavy atom. The first-order valence-corrected chi connectivity index (χ1v) is 7.17. The fourth-order valence-corrected chi connectivity index (χ4v) is 2.48. The summed E-state index contributed by atoms with van der Waals surface area (Å²) >= 11 is 3.55. The van der Waals surface area contributed by atoms with E-state index < -0.39 is 0 Å². The highest BCUT2D eigenvalue weighted by atomic mass is 79.9. The number of hydrogen-bond acceptors (Lipinski definition) is 3. The zero-order valence-corrected chi connectivity index (χ0v) is 12.5. The topological polar surface area (TPSA) is 30.5 Å². The smallest absolute Gasteiger partial charge is 0.174 e. The summed E-state index contributed by atoms with van der Waals surface area (Å²) < 4.78 is 12.2. The fourth-order valence-electron chi connectivity index (χ4n) is 1.83. The van der Waals surface area contributed by atoms with Crippen LogP contribution >= 0.6 is 15.9 Å². The summed E-state index contributed by atoms with van der Waals surface area (Å²) in [5.74, 6) is 2.39. The Balaban J connectivity index is 2.12. The Morgan fingerprint density at radius 2 is 2.17 bits per heavy atom. The maximum atomic E-state index is 5.88. The summed E-state index contributed by atoms with van der Waals surface area (Å²) in [6, 6.07) is 4.18. The highest BCUT2D eigenvalue weighted by Gasteiger charge is 2.23. The van der Waals surface area contributed by atoms with E-state index in [-0.39, 0.29) is 0 Å². The van der Waals surface area contributed by atoms with Gasteiger partial charge in [0.05, 0.1) is 18.2 Å². The first kappa shape index (κ1) is 13.7. The number of hydrogen-bond donors (Lipinski definition) is 1. The lowest BCUT2D eigenvalue weighted by atomic mass is 10.1. The second-order valence-corrected chi connectivity index (χ2v) is 5.57. The minimum atomic E-state index is 0.745. The maximum Gasteiger partial charge on any atom is 0.174 e. The monoisotopic (exact) mass is 313 g/mol. The summed E-state index contributed by atoms with van der Waals surface area (Å²) in [6.45, 7) is 1.76. The molecule has 1 saturated carbocycles. The molecular weight excluding hydrogens is 294 g/mol. The molecule has 0 heterocycles. The lowest BCUT2D eigenvalue weighted by Gasteiger charge is -2.14. The van der Waals surface area contributed by atoms with Crippen LogP contribution < -0.4 is 14.8 Å². The van der Waals surface area contributed by atoms with Gasteiger partial charge in [-0.05, 0) is 72.4 Å². The normalized spacial score (nSPS) is 14.6. The molecule has 0 aliphatic heterocycles. The van der Waals surface area contributed by atoms with E-state index in [4.69, 9.17) is 9.47 Å². The van der Waals surface area contributed by atoms with Crippen molar-refractivity contribution in [3.63, 3.8) is 0 Å². The third-order valence-electron chi connectivity index (χ3n) is 3.11. The second-order valence-electron chi connectivity index (χ2n) is 4.72. The molecule has 2 rings (SSSR count). The van der Waals surface area contributed by atoms with Gasteiger partial charge in [-0.15, -0.1) is 0 Å². The third-order valence-corrected chi connectivity index (χ3v) is 3.70. The van der Waals surface area contributed by atoms with Crippen LogP contribution in [0, 0.1) is 5.92 Å². The van der Waals surface area contributed by atoms with Gasteiger partial charge >= 0.3 is 0 Å². The van der Waals surface area contributed by atoms with Crippen LogP contribution in [0.15, 0.2) is 16.6 Å². The molecule has 0 spiro atoms. The Morgan fingerprint density at radius 1 is 1.39 bits per heavy atom. The molecule has 1 aromatic carbocycles. The minimum absolute atomic E-state index is 0.745. The zero-order chi connectivity index (χ0) is 13.0. The molecule has 4 heteroatoms. The fraction of sp³-hybridized carbons (Fsp3) is 0.571. The van der Waals surface area contributed by atoms with Crippen LogP contribution in [0.2, 0.25) is 0 Å². The van der Waals surface area contributed by atoms with Crippen molar-refractivity contribution in [2.75, 3.05) is 27.3 Å². The van der Waals surface area contributed by atoms with Crippen LogP contribution in [0.5, 0.6) is 11.5 Å². The predicted molar refractivity (Wildman–Crippen MR) is 76.5 cm³/mol. The molecule has 1 fully saturated rings. The number of benzene rings is 1. The van der Waals surface area contributed by atoms with Gasteiger partial charge in [0.15, 0.2) is 11.5 Å². The van der Waals surface area contributed by atoms with Crippen molar-refractivity contribution in [2.45, 2.75) is 19.3 Å². The summed E-state index contributed by atoms with van der Waals surface area (Å²) in [4.78, 5) is 0. The molecular formula is C14H20BrNO2. The van der Waals surface area contributed by atoms with Gasteiger partial charge in [-0.1, -0.05) is 0 Å². The second kappa shape index (κ2) is 6.43. The Labute approximate surface area is 117 Å². The largest absolute Gasteiger partial charge is 0.492 e. The number of likely N-dealkylation sites (N-methyl/N-ethyl adjacent to an activating group) is 1. The molecule has 3 nitrogen and oxygen atoms in total. The van der Waals surface area contributed by atoms with E-state index in [1.54, 1.807) is 7.11 Å². The summed E-state index contributed by atoms with van der Waals surface area (Å²) in [5, 5.41) is 3.16. The number of nitrogens with one attached hydrogen (secondary N) is 1. The van der Waals surface area contributed by atoms with E-state index in [0.717, 1.165) is 41.5 Å². The Bertz CT molecular complexity index is 405. The average Bonchev–Trinajstić information content (AvgIpc) is 3.17. The van der Waals surface area contributed by atoms with Gasteiger partial charge in [-0.3, -0.25) is 0 Å². The molecule has 0 atom stereocenters. The van der Waals surface area contributed by atoms with Crippen molar-refractivity contribution < 1.29 is 9.47 Å². The molecule has 100 valence electrons. The van der Waals surface area contributed by atoms with E-state index in [1.165, 1.54) is 18.4 Å². The first-order chi connectivity index (χ1) is 8.74. The molecule has 0 aromatic heterocycles. The van der Waals surface area contributed by atoms with Crippen LogP contribution in [-0.2, 0) is 6.42 Å². The van der Waals surface area contributed by atoms with Gasteiger partial charge in [0, 0.05) is 0 Å². The van der Waals surface area contributed by atoms with Gasteiger partial charge < -0.3 is 14.8 Å². The molecule has 18 heavy (non-hydrogen) atoms. The van der Waals surface area contributed by atoms with Crippen molar-refractivity contribution in [1.82, 2.24) is 5.32 Å². The molecule has 0 amide bonds. The quantitative estimate of drug-likeness (QED) is 0.839. The SMILES string of the molecule is CNCCc1cc(Br)c(OC)c(OCC2CC2)c1. The van der Waals surface area contributed by atoms with Gasteiger partial charge in [0.25, 0.3) is 0 Å². The van der Waals surface area contributed by atoms with E-state index in [9.17, 15) is 0 Å². The van der Waals surface area contributed by atoms with Crippen LogP contribution in [0.25, 0.3) is 0 Å². The predicted octanol–water partition coefficient (Wildman–Crippen LogP) is 3.01. The Hall–Kier alpha value is -0.740. The van der Waals surface area contributed by atoms with Crippen molar-refractivity contribution in [3.8, 4) is 11.5 Å². The third kappa shape index (κ3) is 3.62. The molecule has 0 unspecified atom stereocenters.